The number of nitrogens with zero attached hydrogens (tertiary/aromatic N) is 2. The minimum absolute atomic E-state index is 0.0911. The number of aryl methyl sites for hydroxylation is 1. The summed E-state index contributed by atoms with van der Waals surface area (Å²) in [5.74, 6) is -0.360. The number of rotatable bonds is 6. The monoisotopic (exact) mass is 394 g/mol. The second kappa shape index (κ2) is 9.65. The first-order chi connectivity index (χ1) is 13.9. The summed E-state index contributed by atoms with van der Waals surface area (Å²) < 4.78 is 0. The molecule has 0 aliphatic carbocycles. The predicted octanol–water partition coefficient (Wildman–Crippen LogP) is 3.38. The first kappa shape index (κ1) is 21.0. The van der Waals surface area contributed by atoms with Crippen LogP contribution in [0.15, 0.2) is 42.7 Å². The fraction of sp³-hybridized carbons (Fsp3) is 0.435. The molecule has 0 bridgehead atoms. The van der Waals surface area contributed by atoms with Gasteiger partial charge in [-0.3, -0.25) is 19.5 Å². The molecule has 1 aromatic heterocycles. The van der Waals surface area contributed by atoms with Gasteiger partial charge in [0.1, 0.15) is 0 Å². The lowest BCUT2D eigenvalue weighted by molar-refractivity contribution is -0.118. The summed E-state index contributed by atoms with van der Waals surface area (Å²) in [4.78, 5) is 31.6. The van der Waals surface area contributed by atoms with Crippen LogP contribution in [0.1, 0.15) is 48.2 Å². The lowest BCUT2D eigenvalue weighted by Crippen LogP contribution is -2.44. The van der Waals surface area contributed by atoms with E-state index in [-0.39, 0.29) is 23.8 Å². The van der Waals surface area contributed by atoms with Crippen LogP contribution in [0.4, 0.5) is 5.69 Å². The number of carbonyl (C=O) groups is 2. The van der Waals surface area contributed by atoms with Crippen molar-refractivity contribution in [2.24, 2.45) is 5.92 Å². The van der Waals surface area contributed by atoms with Crippen LogP contribution in [0.25, 0.3) is 0 Å². The van der Waals surface area contributed by atoms with Crippen molar-refractivity contribution in [3.8, 4) is 0 Å². The molecule has 29 heavy (non-hydrogen) atoms. The molecule has 1 aliphatic rings. The van der Waals surface area contributed by atoms with Crippen molar-refractivity contribution in [3.05, 3.63) is 59.4 Å². The predicted molar refractivity (Wildman–Crippen MR) is 115 cm³/mol. The van der Waals surface area contributed by atoms with Crippen molar-refractivity contribution in [1.82, 2.24) is 15.2 Å². The number of anilines is 1. The van der Waals surface area contributed by atoms with Crippen LogP contribution in [0.2, 0.25) is 0 Å². The van der Waals surface area contributed by atoms with E-state index in [0.717, 1.165) is 38.0 Å². The van der Waals surface area contributed by atoms with E-state index in [0.29, 0.717) is 11.3 Å². The Hall–Kier alpha value is -2.73. The number of aromatic nitrogens is 1. The molecule has 0 saturated carbocycles. The van der Waals surface area contributed by atoms with Gasteiger partial charge in [-0.25, -0.2) is 0 Å². The molecule has 1 aliphatic heterocycles. The maximum absolute atomic E-state index is 12.9. The Balaban J connectivity index is 1.58. The Kier molecular flexibility index (Phi) is 6.99. The molecule has 154 valence electrons. The highest BCUT2D eigenvalue weighted by Crippen LogP contribution is 2.20. The van der Waals surface area contributed by atoms with Gasteiger partial charge >= 0.3 is 0 Å². The van der Waals surface area contributed by atoms with E-state index in [1.807, 2.05) is 45.2 Å². The molecule has 2 N–H and O–H groups in total. The van der Waals surface area contributed by atoms with Gasteiger partial charge in [-0.05, 0) is 43.5 Å². The molecule has 2 heterocycles. The number of carbonyl (C=O) groups excluding carboxylic acids is 2. The second-order valence-corrected chi connectivity index (χ2v) is 8.08. The molecule has 1 saturated heterocycles. The van der Waals surface area contributed by atoms with Gasteiger partial charge in [0.25, 0.3) is 5.91 Å². The summed E-state index contributed by atoms with van der Waals surface area (Å²) in [6.45, 7) is 8.37. The largest absolute Gasteiger partial charge is 0.349 e. The fourth-order valence-electron chi connectivity index (χ4n) is 3.48. The summed E-state index contributed by atoms with van der Waals surface area (Å²) in [5, 5.41) is 6.04. The zero-order valence-electron chi connectivity index (χ0n) is 17.4. The van der Waals surface area contributed by atoms with Crippen molar-refractivity contribution >= 4 is 17.5 Å². The van der Waals surface area contributed by atoms with Crippen LogP contribution in [0, 0.1) is 12.8 Å². The Morgan fingerprint density at radius 3 is 2.62 bits per heavy atom. The van der Waals surface area contributed by atoms with Crippen molar-refractivity contribution in [3.63, 3.8) is 0 Å². The Bertz CT molecular complexity index is 843. The first-order valence-electron chi connectivity index (χ1n) is 10.3. The van der Waals surface area contributed by atoms with E-state index < -0.39 is 0 Å². The van der Waals surface area contributed by atoms with Crippen molar-refractivity contribution in [1.29, 1.82) is 0 Å². The van der Waals surface area contributed by atoms with E-state index in [2.05, 4.69) is 26.6 Å². The number of benzene rings is 1. The molecule has 1 fully saturated rings. The van der Waals surface area contributed by atoms with E-state index in [4.69, 9.17) is 0 Å². The molecule has 3 rings (SSSR count). The molecule has 1 aromatic carbocycles. The topological polar surface area (TPSA) is 74.3 Å². The normalized spacial score (nSPS) is 15.3. The summed E-state index contributed by atoms with van der Waals surface area (Å²) >= 11 is 0. The first-order valence-corrected chi connectivity index (χ1v) is 10.3. The average molecular weight is 395 g/mol. The van der Waals surface area contributed by atoms with Crippen LogP contribution in [-0.2, 0) is 11.3 Å². The summed E-state index contributed by atoms with van der Waals surface area (Å²) in [6.07, 6.45) is 5.50. The lowest BCUT2D eigenvalue weighted by atomic mass is 10.0. The van der Waals surface area contributed by atoms with E-state index in [1.54, 1.807) is 12.3 Å². The molecule has 0 radical (unpaired) electrons. The quantitative estimate of drug-likeness (QED) is 0.788. The van der Waals surface area contributed by atoms with Crippen molar-refractivity contribution in [2.75, 3.05) is 18.4 Å². The number of amides is 2. The standard InChI is InChI=1S/C23H30N4O2/c1-16(2)22(28)26-21-7-6-17(3)13-20(21)23(29)25-19-8-11-27(12-9-19)15-18-5-4-10-24-14-18/h4-7,10,13-14,16,19H,8-9,11-12,15H2,1-3H3,(H,25,29)(H,26,28). The van der Waals surface area contributed by atoms with Gasteiger partial charge in [0, 0.05) is 44.0 Å². The highest BCUT2D eigenvalue weighted by Gasteiger charge is 2.23. The van der Waals surface area contributed by atoms with Gasteiger partial charge in [-0.15, -0.1) is 0 Å². The maximum atomic E-state index is 12.9. The van der Waals surface area contributed by atoms with Gasteiger partial charge in [0.05, 0.1) is 11.3 Å². The van der Waals surface area contributed by atoms with E-state index >= 15 is 0 Å². The second-order valence-electron chi connectivity index (χ2n) is 8.08. The lowest BCUT2D eigenvalue weighted by Gasteiger charge is -2.32. The van der Waals surface area contributed by atoms with Crippen LogP contribution in [0.3, 0.4) is 0 Å². The molecular weight excluding hydrogens is 364 g/mol. The SMILES string of the molecule is Cc1ccc(NC(=O)C(C)C)c(C(=O)NC2CCN(Cc3cccnc3)CC2)c1. The number of piperidine rings is 1. The fourth-order valence-corrected chi connectivity index (χ4v) is 3.48. The van der Waals surface area contributed by atoms with Crippen molar-refractivity contribution < 1.29 is 9.59 Å². The Labute approximate surface area is 172 Å². The number of likely N-dealkylation sites (tertiary alicyclic amines) is 1. The number of hydrogen-bond acceptors (Lipinski definition) is 4. The molecule has 0 spiro atoms. The molecule has 0 atom stereocenters. The minimum atomic E-state index is -0.142. The molecular formula is C23H30N4O2. The van der Waals surface area contributed by atoms with Crippen molar-refractivity contribution in [2.45, 2.75) is 46.2 Å². The van der Waals surface area contributed by atoms with Gasteiger partial charge in [0.15, 0.2) is 0 Å². The highest BCUT2D eigenvalue weighted by atomic mass is 16.2. The van der Waals surface area contributed by atoms with Crippen LogP contribution >= 0.6 is 0 Å². The summed E-state index contributed by atoms with van der Waals surface area (Å²) in [6, 6.07) is 9.74. The number of hydrogen-bond donors (Lipinski definition) is 2. The van der Waals surface area contributed by atoms with Crippen LogP contribution in [0.5, 0.6) is 0 Å². The zero-order valence-corrected chi connectivity index (χ0v) is 17.4. The third-order valence-electron chi connectivity index (χ3n) is 5.25. The number of nitrogens with one attached hydrogen (secondary N) is 2. The van der Waals surface area contributed by atoms with Crippen LogP contribution < -0.4 is 10.6 Å². The molecule has 6 nitrogen and oxygen atoms in total. The van der Waals surface area contributed by atoms with Gasteiger partial charge in [-0.1, -0.05) is 31.5 Å². The summed E-state index contributed by atoms with van der Waals surface area (Å²) in [7, 11) is 0. The Morgan fingerprint density at radius 2 is 1.97 bits per heavy atom. The molecule has 2 amide bonds. The Morgan fingerprint density at radius 1 is 1.21 bits per heavy atom. The zero-order chi connectivity index (χ0) is 20.8. The highest BCUT2D eigenvalue weighted by molar-refractivity contribution is 6.04. The maximum Gasteiger partial charge on any atom is 0.253 e. The van der Waals surface area contributed by atoms with Gasteiger partial charge < -0.3 is 10.6 Å². The average Bonchev–Trinajstić information content (AvgIpc) is 2.71. The number of pyridine rings is 1. The smallest absolute Gasteiger partial charge is 0.253 e. The third-order valence-corrected chi connectivity index (χ3v) is 5.25. The third kappa shape index (κ3) is 5.87. The van der Waals surface area contributed by atoms with Crippen LogP contribution in [-0.4, -0.2) is 40.8 Å². The van der Waals surface area contributed by atoms with E-state index in [9.17, 15) is 9.59 Å². The van der Waals surface area contributed by atoms with Gasteiger partial charge in [-0.2, -0.15) is 0 Å². The van der Waals surface area contributed by atoms with E-state index in [1.165, 1.54) is 5.56 Å². The van der Waals surface area contributed by atoms with Gasteiger partial charge in [0.2, 0.25) is 5.91 Å². The molecule has 0 unspecified atom stereocenters. The minimum Gasteiger partial charge on any atom is -0.349 e. The summed E-state index contributed by atoms with van der Waals surface area (Å²) in [5.41, 5.74) is 3.29. The molecule has 6 heteroatoms. The molecule has 2 aromatic rings.